The first-order chi connectivity index (χ1) is 9.00. The molecule has 1 aromatic heterocycles. The number of piperazine rings is 1. The van der Waals surface area contributed by atoms with E-state index in [0.717, 1.165) is 12.4 Å². The molecule has 1 atom stereocenters. The van der Waals surface area contributed by atoms with Gasteiger partial charge in [0.05, 0.1) is 12.4 Å². The Labute approximate surface area is 108 Å². The topological polar surface area (TPSA) is 112 Å². The van der Waals surface area contributed by atoms with E-state index in [1.165, 1.54) is 4.90 Å². The highest BCUT2D eigenvalue weighted by molar-refractivity contribution is 5.96. The maximum Gasteiger partial charge on any atom is 0.356 e. The highest BCUT2D eigenvalue weighted by atomic mass is 16.4. The number of aromatic nitrogens is 2. The summed E-state index contributed by atoms with van der Waals surface area (Å²) in [5.74, 6) is -1.88. The number of aromatic carboxylic acids is 1. The van der Waals surface area contributed by atoms with E-state index >= 15 is 0 Å². The second-order valence-corrected chi connectivity index (χ2v) is 4.06. The van der Waals surface area contributed by atoms with Crippen LogP contribution >= 0.6 is 0 Å². The summed E-state index contributed by atoms with van der Waals surface area (Å²) in [5.41, 5.74) is -0.215. The summed E-state index contributed by atoms with van der Waals surface area (Å²) < 4.78 is 0. The molecule has 1 fully saturated rings. The van der Waals surface area contributed by atoms with Crippen molar-refractivity contribution in [3.05, 3.63) is 23.8 Å². The molecule has 0 radical (unpaired) electrons. The van der Waals surface area contributed by atoms with Crippen molar-refractivity contribution < 1.29 is 19.5 Å². The Hall–Kier alpha value is -2.51. The summed E-state index contributed by atoms with van der Waals surface area (Å²) in [6.07, 6.45) is 2.12. The standard InChI is InChI=1S/C11H12N4O4/c1-6-9(16)12-2-3-15(6)10(17)7-4-14-8(5-13-7)11(18)19/h4-6H,2-3H2,1H3,(H,12,16)(H,18,19). The number of carboxylic acids is 1. The van der Waals surface area contributed by atoms with Crippen molar-refractivity contribution in [2.45, 2.75) is 13.0 Å². The zero-order chi connectivity index (χ0) is 14.0. The maximum absolute atomic E-state index is 12.1. The largest absolute Gasteiger partial charge is 0.476 e. The molecule has 2 heterocycles. The Kier molecular flexibility index (Phi) is 3.41. The van der Waals surface area contributed by atoms with E-state index in [9.17, 15) is 14.4 Å². The summed E-state index contributed by atoms with van der Waals surface area (Å²) in [5, 5.41) is 11.3. The number of hydrogen-bond acceptors (Lipinski definition) is 5. The molecule has 1 aromatic rings. The van der Waals surface area contributed by atoms with Gasteiger partial charge in [-0.3, -0.25) is 9.59 Å². The van der Waals surface area contributed by atoms with Gasteiger partial charge in [-0.05, 0) is 6.92 Å². The predicted molar refractivity (Wildman–Crippen MR) is 62.5 cm³/mol. The zero-order valence-corrected chi connectivity index (χ0v) is 10.2. The van der Waals surface area contributed by atoms with Gasteiger partial charge < -0.3 is 15.3 Å². The lowest BCUT2D eigenvalue weighted by atomic mass is 10.2. The first-order valence-electron chi connectivity index (χ1n) is 5.64. The second-order valence-electron chi connectivity index (χ2n) is 4.06. The number of nitrogens with one attached hydrogen (secondary N) is 1. The third-order valence-corrected chi connectivity index (χ3v) is 2.85. The van der Waals surface area contributed by atoms with Crippen molar-refractivity contribution in [2.75, 3.05) is 13.1 Å². The summed E-state index contributed by atoms with van der Waals surface area (Å²) in [4.78, 5) is 43.0. The SMILES string of the molecule is CC1C(=O)NCCN1C(=O)c1cnc(C(=O)O)cn1. The molecule has 1 aliphatic heterocycles. The van der Waals surface area contributed by atoms with E-state index in [2.05, 4.69) is 15.3 Å². The number of nitrogens with zero attached hydrogens (tertiary/aromatic N) is 3. The lowest BCUT2D eigenvalue weighted by Gasteiger charge is -2.32. The quantitative estimate of drug-likeness (QED) is 0.718. The van der Waals surface area contributed by atoms with E-state index in [1.807, 2.05) is 0 Å². The van der Waals surface area contributed by atoms with Gasteiger partial charge in [0.2, 0.25) is 5.91 Å². The molecule has 0 bridgehead atoms. The van der Waals surface area contributed by atoms with Crippen LogP contribution in [-0.2, 0) is 4.79 Å². The molecule has 1 saturated heterocycles. The highest BCUT2D eigenvalue weighted by Crippen LogP contribution is 2.09. The molecular formula is C11H12N4O4. The van der Waals surface area contributed by atoms with Crippen molar-refractivity contribution in [1.82, 2.24) is 20.2 Å². The molecule has 1 aliphatic rings. The minimum Gasteiger partial charge on any atom is -0.476 e. The van der Waals surface area contributed by atoms with Gasteiger partial charge in [0, 0.05) is 13.1 Å². The van der Waals surface area contributed by atoms with Crippen molar-refractivity contribution in [3.8, 4) is 0 Å². The third kappa shape index (κ3) is 2.51. The minimum atomic E-state index is -1.21. The fraction of sp³-hybridized carbons (Fsp3) is 0.364. The van der Waals surface area contributed by atoms with E-state index in [4.69, 9.17) is 5.11 Å². The molecule has 2 amide bonds. The van der Waals surface area contributed by atoms with Gasteiger partial charge in [-0.15, -0.1) is 0 Å². The van der Waals surface area contributed by atoms with Crippen LogP contribution in [0, 0.1) is 0 Å². The van der Waals surface area contributed by atoms with Crippen LogP contribution in [-0.4, -0.2) is 56.9 Å². The Morgan fingerprint density at radius 1 is 1.37 bits per heavy atom. The van der Waals surface area contributed by atoms with Crippen LogP contribution in [0.15, 0.2) is 12.4 Å². The molecule has 19 heavy (non-hydrogen) atoms. The van der Waals surface area contributed by atoms with Gasteiger partial charge in [-0.2, -0.15) is 0 Å². The van der Waals surface area contributed by atoms with Crippen LogP contribution in [0.25, 0.3) is 0 Å². The molecular weight excluding hydrogens is 252 g/mol. The monoisotopic (exact) mass is 264 g/mol. The number of hydrogen-bond donors (Lipinski definition) is 2. The lowest BCUT2D eigenvalue weighted by molar-refractivity contribution is -0.127. The molecule has 100 valence electrons. The molecule has 0 spiro atoms. The van der Waals surface area contributed by atoms with E-state index < -0.39 is 17.9 Å². The molecule has 0 aromatic carbocycles. The maximum atomic E-state index is 12.1. The fourth-order valence-electron chi connectivity index (χ4n) is 1.76. The molecule has 0 saturated carbocycles. The Morgan fingerprint density at radius 3 is 2.58 bits per heavy atom. The van der Waals surface area contributed by atoms with Gasteiger partial charge in [-0.1, -0.05) is 0 Å². The Balaban J connectivity index is 2.19. The average Bonchev–Trinajstić information content (AvgIpc) is 2.41. The summed E-state index contributed by atoms with van der Waals surface area (Å²) in [7, 11) is 0. The van der Waals surface area contributed by atoms with Gasteiger partial charge in [0.1, 0.15) is 11.7 Å². The van der Waals surface area contributed by atoms with Crippen molar-refractivity contribution in [1.29, 1.82) is 0 Å². The van der Waals surface area contributed by atoms with Gasteiger partial charge in [0.25, 0.3) is 5.91 Å². The smallest absolute Gasteiger partial charge is 0.356 e. The molecule has 8 heteroatoms. The number of rotatable bonds is 2. The molecule has 2 rings (SSSR count). The van der Waals surface area contributed by atoms with Crippen LogP contribution in [0.4, 0.5) is 0 Å². The normalized spacial score (nSPS) is 18.9. The first-order valence-corrected chi connectivity index (χ1v) is 5.64. The van der Waals surface area contributed by atoms with Crippen molar-refractivity contribution in [2.24, 2.45) is 0 Å². The van der Waals surface area contributed by atoms with E-state index in [0.29, 0.717) is 13.1 Å². The second kappa shape index (κ2) is 5.01. The number of carboxylic acid groups (broad SMARTS) is 1. The minimum absolute atomic E-state index is 0.0200. The Morgan fingerprint density at radius 2 is 2.00 bits per heavy atom. The van der Waals surface area contributed by atoms with Gasteiger partial charge in [-0.25, -0.2) is 14.8 Å². The average molecular weight is 264 g/mol. The first kappa shape index (κ1) is 12.9. The number of carbonyl (C=O) groups excluding carboxylic acids is 2. The van der Waals surface area contributed by atoms with Gasteiger partial charge >= 0.3 is 5.97 Å². The predicted octanol–water partition coefficient (Wildman–Crippen LogP) is -0.865. The Bertz CT molecular complexity index is 528. The van der Waals surface area contributed by atoms with Crippen molar-refractivity contribution >= 4 is 17.8 Å². The van der Waals surface area contributed by atoms with Crippen molar-refractivity contribution in [3.63, 3.8) is 0 Å². The van der Waals surface area contributed by atoms with Crippen LogP contribution in [0.5, 0.6) is 0 Å². The lowest BCUT2D eigenvalue weighted by Crippen LogP contribution is -2.56. The fourth-order valence-corrected chi connectivity index (χ4v) is 1.76. The summed E-state index contributed by atoms with van der Waals surface area (Å²) in [6.45, 7) is 2.38. The van der Waals surface area contributed by atoms with Gasteiger partial charge in [0.15, 0.2) is 5.69 Å². The molecule has 1 unspecified atom stereocenters. The van der Waals surface area contributed by atoms with Crippen LogP contribution in [0.1, 0.15) is 27.9 Å². The summed E-state index contributed by atoms with van der Waals surface area (Å²) >= 11 is 0. The van der Waals surface area contributed by atoms with Crippen LogP contribution in [0.3, 0.4) is 0 Å². The molecule has 2 N–H and O–H groups in total. The zero-order valence-electron chi connectivity index (χ0n) is 10.2. The van der Waals surface area contributed by atoms with Crippen LogP contribution < -0.4 is 5.32 Å². The van der Waals surface area contributed by atoms with Crippen LogP contribution in [0.2, 0.25) is 0 Å². The molecule has 8 nitrogen and oxygen atoms in total. The number of carbonyl (C=O) groups is 3. The summed E-state index contributed by atoms with van der Waals surface area (Å²) in [6, 6.07) is -0.581. The number of amides is 2. The molecule has 0 aliphatic carbocycles. The highest BCUT2D eigenvalue weighted by Gasteiger charge is 2.30. The van der Waals surface area contributed by atoms with E-state index in [-0.39, 0.29) is 17.3 Å². The third-order valence-electron chi connectivity index (χ3n) is 2.85. The van der Waals surface area contributed by atoms with E-state index in [1.54, 1.807) is 6.92 Å².